The third kappa shape index (κ3) is 7.29. The summed E-state index contributed by atoms with van der Waals surface area (Å²) in [6.45, 7) is 9.69. The maximum Gasteiger partial charge on any atom is 0.242 e. The quantitative estimate of drug-likeness (QED) is 0.594. The SMILES string of the molecule is CNC(=O)[C@@H](NC(=O)[C@@H](CC(=O)CS)CC(C)C)C(C)(C)C. The molecule has 0 heterocycles. The highest BCUT2D eigenvalue weighted by atomic mass is 32.1. The topological polar surface area (TPSA) is 75.3 Å². The van der Waals surface area contributed by atoms with Gasteiger partial charge in [0.15, 0.2) is 0 Å². The van der Waals surface area contributed by atoms with Crippen LogP contribution in [0.15, 0.2) is 0 Å². The fraction of sp³-hybridized carbons (Fsp3) is 0.812. The Balaban J connectivity index is 5.11. The average molecular weight is 330 g/mol. The second-order valence-electron chi connectivity index (χ2n) is 7.15. The molecule has 0 aliphatic rings. The van der Waals surface area contributed by atoms with E-state index < -0.39 is 17.4 Å². The van der Waals surface area contributed by atoms with E-state index in [-0.39, 0.29) is 35.7 Å². The number of ketones is 1. The van der Waals surface area contributed by atoms with E-state index in [9.17, 15) is 14.4 Å². The van der Waals surface area contributed by atoms with E-state index in [1.165, 1.54) is 0 Å². The van der Waals surface area contributed by atoms with E-state index in [1.807, 2.05) is 34.6 Å². The van der Waals surface area contributed by atoms with Crippen LogP contribution in [0.1, 0.15) is 47.5 Å². The van der Waals surface area contributed by atoms with Crippen LogP contribution in [0.4, 0.5) is 0 Å². The van der Waals surface area contributed by atoms with Gasteiger partial charge in [0.2, 0.25) is 11.8 Å². The molecule has 0 radical (unpaired) electrons. The lowest BCUT2D eigenvalue weighted by Gasteiger charge is -2.31. The van der Waals surface area contributed by atoms with Gasteiger partial charge in [-0.2, -0.15) is 12.6 Å². The zero-order chi connectivity index (χ0) is 17.5. The van der Waals surface area contributed by atoms with Crippen molar-refractivity contribution in [3.63, 3.8) is 0 Å². The lowest BCUT2D eigenvalue weighted by molar-refractivity contribution is -0.134. The van der Waals surface area contributed by atoms with Crippen LogP contribution in [0.3, 0.4) is 0 Å². The molecule has 0 unspecified atom stereocenters. The van der Waals surface area contributed by atoms with Gasteiger partial charge >= 0.3 is 0 Å². The minimum atomic E-state index is -0.634. The van der Waals surface area contributed by atoms with E-state index in [0.29, 0.717) is 6.42 Å². The summed E-state index contributed by atoms with van der Waals surface area (Å²) < 4.78 is 0. The number of amides is 2. The minimum Gasteiger partial charge on any atom is -0.357 e. The highest BCUT2D eigenvalue weighted by Gasteiger charge is 2.34. The number of hydrogen-bond donors (Lipinski definition) is 3. The van der Waals surface area contributed by atoms with Crippen LogP contribution < -0.4 is 10.6 Å². The van der Waals surface area contributed by atoms with Crippen LogP contribution >= 0.6 is 12.6 Å². The van der Waals surface area contributed by atoms with Gasteiger partial charge in [0, 0.05) is 25.1 Å². The summed E-state index contributed by atoms with van der Waals surface area (Å²) in [6, 6.07) is -0.634. The van der Waals surface area contributed by atoms with Crippen LogP contribution in [0.2, 0.25) is 0 Å². The Morgan fingerprint density at radius 2 is 1.64 bits per heavy atom. The Kier molecular flexibility index (Phi) is 8.74. The van der Waals surface area contributed by atoms with Gasteiger partial charge in [0.25, 0.3) is 0 Å². The molecule has 0 bridgehead atoms. The van der Waals surface area contributed by atoms with Gasteiger partial charge in [-0.1, -0.05) is 34.6 Å². The maximum absolute atomic E-state index is 12.5. The number of nitrogens with one attached hydrogen (secondary N) is 2. The number of Topliss-reactive ketones (excluding diaryl/α,β-unsaturated/α-hetero) is 1. The van der Waals surface area contributed by atoms with Crippen LogP contribution in [0.5, 0.6) is 0 Å². The summed E-state index contributed by atoms with van der Waals surface area (Å²) in [5, 5.41) is 5.39. The molecule has 2 N–H and O–H groups in total. The van der Waals surface area contributed by atoms with Crippen molar-refractivity contribution in [1.29, 1.82) is 0 Å². The molecule has 0 aromatic carbocycles. The zero-order valence-electron chi connectivity index (χ0n) is 14.5. The highest BCUT2D eigenvalue weighted by molar-refractivity contribution is 7.81. The van der Waals surface area contributed by atoms with Crippen LogP contribution in [0, 0.1) is 17.3 Å². The molecule has 0 aliphatic carbocycles. The van der Waals surface area contributed by atoms with E-state index >= 15 is 0 Å². The van der Waals surface area contributed by atoms with Crippen molar-refractivity contribution in [2.45, 2.75) is 53.5 Å². The molecule has 0 aromatic heterocycles. The molecule has 0 aromatic rings. The second kappa shape index (κ2) is 9.18. The molecule has 6 heteroatoms. The first-order chi connectivity index (χ1) is 10.0. The summed E-state index contributed by atoms with van der Waals surface area (Å²) >= 11 is 3.97. The smallest absolute Gasteiger partial charge is 0.242 e. The van der Waals surface area contributed by atoms with Gasteiger partial charge in [-0.15, -0.1) is 0 Å². The molecule has 22 heavy (non-hydrogen) atoms. The molecular weight excluding hydrogens is 300 g/mol. The fourth-order valence-corrected chi connectivity index (χ4v) is 2.40. The van der Waals surface area contributed by atoms with E-state index in [4.69, 9.17) is 0 Å². The molecule has 5 nitrogen and oxygen atoms in total. The summed E-state index contributed by atoms with van der Waals surface area (Å²) in [5.41, 5.74) is -0.411. The lowest BCUT2D eigenvalue weighted by atomic mass is 9.85. The summed E-state index contributed by atoms with van der Waals surface area (Å²) in [7, 11) is 1.54. The average Bonchev–Trinajstić information content (AvgIpc) is 2.40. The van der Waals surface area contributed by atoms with E-state index in [2.05, 4.69) is 23.3 Å². The summed E-state index contributed by atoms with van der Waals surface area (Å²) in [4.78, 5) is 36.2. The Bertz CT molecular complexity index is 403. The number of hydrogen-bond acceptors (Lipinski definition) is 4. The first-order valence-electron chi connectivity index (χ1n) is 7.67. The lowest BCUT2D eigenvalue weighted by Crippen LogP contribution is -2.54. The Hall–Kier alpha value is -1.04. The molecule has 0 rings (SSSR count). The standard InChI is InChI=1S/C16H30N2O3S/c1-10(2)7-11(8-12(19)9-22)14(20)18-13(15(21)17-6)16(3,4)5/h10-11,13,22H,7-9H2,1-6H3,(H,17,21)(H,18,20)/t11-,13-/m1/s1. The second-order valence-corrected chi connectivity index (χ2v) is 7.47. The van der Waals surface area contributed by atoms with Crippen LogP contribution in [-0.4, -0.2) is 36.4 Å². The van der Waals surface area contributed by atoms with Gasteiger partial charge in [-0.3, -0.25) is 14.4 Å². The third-order valence-corrected chi connectivity index (χ3v) is 3.79. The monoisotopic (exact) mass is 330 g/mol. The van der Waals surface area contributed by atoms with Gasteiger partial charge < -0.3 is 10.6 Å². The number of carbonyl (C=O) groups excluding carboxylic acids is 3. The molecule has 2 atom stereocenters. The Morgan fingerprint density at radius 3 is 2.00 bits per heavy atom. The first-order valence-corrected chi connectivity index (χ1v) is 8.30. The number of carbonyl (C=O) groups is 3. The van der Waals surface area contributed by atoms with Crippen LogP contribution in [-0.2, 0) is 14.4 Å². The molecule has 0 fully saturated rings. The number of rotatable bonds is 8. The molecule has 128 valence electrons. The van der Waals surface area contributed by atoms with Crippen molar-refractivity contribution in [1.82, 2.24) is 10.6 Å². The predicted molar refractivity (Wildman–Crippen MR) is 91.9 cm³/mol. The zero-order valence-corrected chi connectivity index (χ0v) is 15.4. The first kappa shape index (κ1) is 21.0. The molecule has 0 saturated heterocycles. The van der Waals surface area contributed by atoms with Crippen molar-refractivity contribution in [2.24, 2.45) is 17.3 Å². The minimum absolute atomic E-state index is 0.0589. The molecular formula is C16H30N2O3S. The van der Waals surface area contributed by atoms with Crippen molar-refractivity contribution in [3.05, 3.63) is 0 Å². The highest BCUT2D eigenvalue weighted by Crippen LogP contribution is 2.22. The predicted octanol–water partition coefficient (Wildman–Crippen LogP) is 1.81. The van der Waals surface area contributed by atoms with Gasteiger partial charge in [0.05, 0.1) is 0 Å². The fourth-order valence-electron chi connectivity index (χ4n) is 2.27. The number of likely N-dealkylation sites (N-methyl/N-ethyl adjacent to an activating group) is 1. The Labute approximate surface area is 139 Å². The summed E-state index contributed by atoms with van der Waals surface area (Å²) in [5.74, 6) is -0.542. The van der Waals surface area contributed by atoms with Crippen molar-refractivity contribution < 1.29 is 14.4 Å². The van der Waals surface area contributed by atoms with Crippen molar-refractivity contribution in [3.8, 4) is 0 Å². The van der Waals surface area contributed by atoms with Crippen LogP contribution in [0.25, 0.3) is 0 Å². The molecule has 0 spiro atoms. The normalized spacial score (nSPS) is 14.4. The molecule has 2 amide bonds. The maximum atomic E-state index is 12.5. The van der Waals surface area contributed by atoms with E-state index in [1.54, 1.807) is 7.05 Å². The third-order valence-electron chi connectivity index (χ3n) is 3.44. The van der Waals surface area contributed by atoms with Gasteiger partial charge in [-0.05, 0) is 17.8 Å². The summed E-state index contributed by atoms with van der Waals surface area (Å²) in [6.07, 6.45) is 0.772. The van der Waals surface area contributed by atoms with Crippen molar-refractivity contribution >= 4 is 30.2 Å². The molecule has 0 aliphatic heterocycles. The van der Waals surface area contributed by atoms with Crippen molar-refractivity contribution in [2.75, 3.05) is 12.8 Å². The number of thiol groups is 1. The largest absolute Gasteiger partial charge is 0.357 e. The Morgan fingerprint density at radius 1 is 1.09 bits per heavy atom. The van der Waals surface area contributed by atoms with Gasteiger partial charge in [0.1, 0.15) is 11.8 Å². The van der Waals surface area contributed by atoms with E-state index in [0.717, 1.165) is 0 Å². The van der Waals surface area contributed by atoms with Gasteiger partial charge in [-0.25, -0.2) is 0 Å². The molecule has 0 saturated carbocycles.